The van der Waals surface area contributed by atoms with E-state index in [0.29, 0.717) is 6.54 Å². The summed E-state index contributed by atoms with van der Waals surface area (Å²) in [6, 6.07) is 9.26. The van der Waals surface area contributed by atoms with Crippen molar-refractivity contribution >= 4 is 11.7 Å². The van der Waals surface area contributed by atoms with Gasteiger partial charge >= 0.3 is 6.03 Å². The molecule has 16 heavy (non-hydrogen) atoms. The number of hydrogen-bond acceptors (Lipinski definition) is 2. The van der Waals surface area contributed by atoms with Crippen LogP contribution in [0.25, 0.3) is 0 Å². The van der Waals surface area contributed by atoms with Crippen LogP contribution < -0.4 is 16.0 Å². The van der Waals surface area contributed by atoms with Crippen LogP contribution in [0, 0.1) is 0 Å². The van der Waals surface area contributed by atoms with Crippen LogP contribution in [0.1, 0.15) is 13.3 Å². The minimum absolute atomic E-state index is 0.150. The highest BCUT2D eigenvalue weighted by atomic mass is 16.2. The van der Waals surface area contributed by atoms with Crippen LogP contribution in [0.2, 0.25) is 0 Å². The molecule has 0 aliphatic heterocycles. The van der Waals surface area contributed by atoms with Gasteiger partial charge in [0.2, 0.25) is 0 Å². The summed E-state index contributed by atoms with van der Waals surface area (Å²) in [5.74, 6) is 0. The Morgan fingerprint density at radius 3 is 2.62 bits per heavy atom. The summed E-state index contributed by atoms with van der Waals surface area (Å²) < 4.78 is 0. The van der Waals surface area contributed by atoms with Crippen molar-refractivity contribution in [2.75, 3.05) is 25.0 Å². The number of carbonyl (C=O) groups is 1. The van der Waals surface area contributed by atoms with Gasteiger partial charge in [0.1, 0.15) is 0 Å². The van der Waals surface area contributed by atoms with Crippen molar-refractivity contribution in [3.63, 3.8) is 0 Å². The van der Waals surface area contributed by atoms with Crippen molar-refractivity contribution < 1.29 is 4.79 Å². The highest BCUT2D eigenvalue weighted by Gasteiger charge is 1.98. The molecule has 2 amide bonds. The van der Waals surface area contributed by atoms with Crippen LogP contribution in [-0.4, -0.2) is 25.7 Å². The number of hydrogen-bond donors (Lipinski definition) is 3. The number of carbonyl (C=O) groups excluding carboxylic acids is 1. The van der Waals surface area contributed by atoms with Gasteiger partial charge in [0.25, 0.3) is 0 Å². The molecule has 0 aromatic heterocycles. The first-order chi connectivity index (χ1) is 7.83. The maximum Gasteiger partial charge on any atom is 0.319 e. The predicted octanol–water partition coefficient (Wildman–Crippen LogP) is 1.81. The van der Waals surface area contributed by atoms with E-state index in [1.165, 1.54) is 0 Å². The van der Waals surface area contributed by atoms with E-state index in [-0.39, 0.29) is 6.03 Å². The van der Waals surface area contributed by atoms with Gasteiger partial charge in [-0.15, -0.1) is 0 Å². The molecule has 3 N–H and O–H groups in total. The number of benzene rings is 1. The third-order valence-electron chi connectivity index (χ3n) is 2.10. The smallest absolute Gasteiger partial charge is 0.319 e. The van der Waals surface area contributed by atoms with Gasteiger partial charge in [-0.25, -0.2) is 4.79 Å². The monoisotopic (exact) mass is 221 g/mol. The first-order valence-electron chi connectivity index (χ1n) is 5.63. The number of nitrogens with one attached hydrogen (secondary N) is 3. The summed E-state index contributed by atoms with van der Waals surface area (Å²) in [4.78, 5) is 11.4. The van der Waals surface area contributed by atoms with Crippen molar-refractivity contribution in [1.82, 2.24) is 10.6 Å². The van der Waals surface area contributed by atoms with E-state index >= 15 is 0 Å². The van der Waals surface area contributed by atoms with Crippen LogP contribution in [0.15, 0.2) is 30.3 Å². The first-order valence-corrected chi connectivity index (χ1v) is 5.63. The van der Waals surface area contributed by atoms with Gasteiger partial charge in [0.15, 0.2) is 0 Å². The largest absolute Gasteiger partial charge is 0.338 e. The van der Waals surface area contributed by atoms with Crippen LogP contribution >= 0.6 is 0 Å². The number of para-hydroxylation sites is 1. The molecule has 0 bridgehead atoms. The highest BCUT2D eigenvalue weighted by Crippen LogP contribution is 2.03. The maximum atomic E-state index is 11.4. The fourth-order valence-corrected chi connectivity index (χ4v) is 1.29. The van der Waals surface area contributed by atoms with E-state index in [4.69, 9.17) is 0 Å². The quantitative estimate of drug-likeness (QED) is 0.642. The third-order valence-corrected chi connectivity index (χ3v) is 2.10. The highest BCUT2D eigenvalue weighted by molar-refractivity contribution is 5.89. The molecule has 0 spiro atoms. The molecule has 1 aromatic rings. The van der Waals surface area contributed by atoms with Gasteiger partial charge in [0.05, 0.1) is 0 Å². The summed E-state index contributed by atoms with van der Waals surface area (Å²) in [6.07, 6.45) is 0.941. The average molecular weight is 221 g/mol. The van der Waals surface area contributed by atoms with E-state index in [9.17, 15) is 4.79 Å². The van der Waals surface area contributed by atoms with Crippen LogP contribution in [0.4, 0.5) is 10.5 Å². The van der Waals surface area contributed by atoms with Gasteiger partial charge in [0, 0.05) is 12.2 Å². The summed E-state index contributed by atoms with van der Waals surface area (Å²) >= 11 is 0. The minimum atomic E-state index is -0.150. The predicted molar refractivity (Wildman–Crippen MR) is 66.6 cm³/mol. The van der Waals surface area contributed by atoms with E-state index in [1.807, 2.05) is 30.3 Å². The molecule has 0 saturated heterocycles. The Labute approximate surface area is 96.4 Å². The molecule has 0 atom stereocenters. The number of rotatable bonds is 6. The molecule has 0 unspecified atom stereocenters. The van der Waals surface area contributed by atoms with Crippen molar-refractivity contribution in [2.45, 2.75) is 13.3 Å². The van der Waals surface area contributed by atoms with Crippen molar-refractivity contribution in [3.8, 4) is 0 Å². The number of amides is 2. The van der Waals surface area contributed by atoms with E-state index in [2.05, 4.69) is 22.9 Å². The number of urea groups is 1. The first kappa shape index (κ1) is 12.5. The van der Waals surface area contributed by atoms with Gasteiger partial charge in [-0.3, -0.25) is 0 Å². The van der Waals surface area contributed by atoms with E-state index in [0.717, 1.165) is 25.2 Å². The Morgan fingerprint density at radius 2 is 1.94 bits per heavy atom. The second kappa shape index (κ2) is 7.70. The molecular formula is C12H19N3O. The van der Waals surface area contributed by atoms with Crippen LogP contribution in [0.3, 0.4) is 0 Å². The molecular weight excluding hydrogens is 202 g/mol. The molecule has 0 radical (unpaired) electrons. The molecule has 0 fully saturated rings. The van der Waals surface area contributed by atoms with E-state index < -0.39 is 0 Å². The Morgan fingerprint density at radius 1 is 1.19 bits per heavy atom. The summed E-state index contributed by atoms with van der Waals surface area (Å²) in [7, 11) is 0. The van der Waals surface area contributed by atoms with Crippen molar-refractivity contribution in [3.05, 3.63) is 30.3 Å². The lowest BCUT2D eigenvalue weighted by atomic mass is 10.3. The summed E-state index contributed by atoms with van der Waals surface area (Å²) in [5, 5.41) is 8.76. The van der Waals surface area contributed by atoms with E-state index in [1.54, 1.807) is 0 Å². The fourth-order valence-electron chi connectivity index (χ4n) is 1.29. The maximum absolute atomic E-state index is 11.4. The van der Waals surface area contributed by atoms with Crippen LogP contribution in [-0.2, 0) is 0 Å². The standard InChI is InChI=1S/C12H19N3O/c1-2-13-9-6-10-14-12(16)15-11-7-4-3-5-8-11/h3-5,7-8,13H,2,6,9-10H2,1H3,(H2,14,15,16). The molecule has 88 valence electrons. The lowest BCUT2D eigenvalue weighted by Crippen LogP contribution is -2.31. The molecule has 0 saturated carbocycles. The zero-order valence-corrected chi connectivity index (χ0v) is 9.62. The number of anilines is 1. The second-order valence-corrected chi connectivity index (χ2v) is 3.45. The Bertz CT molecular complexity index is 300. The lowest BCUT2D eigenvalue weighted by Gasteiger charge is -2.07. The minimum Gasteiger partial charge on any atom is -0.338 e. The lowest BCUT2D eigenvalue weighted by molar-refractivity contribution is 0.252. The van der Waals surface area contributed by atoms with Gasteiger partial charge in [-0.1, -0.05) is 25.1 Å². The molecule has 1 rings (SSSR count). The second-order valence-electron chi connectivity index (χ2n) is 3.45. The molecule has 4 heteroatoms. The molecule has 0 aliphatic carbocycles. The fraction of sp³-hybridized carbons (Fsp3) is 0.417. The van der Waals surface area contributed by atoms with Crippen molar-refractivity contribution in [1.29, 1.82) is 0 Å². The molecule has 4 nitrogen and oxygen atoms in total. The van der Waals surface area contributed by atoms with Gasteiger partial charge < -0.3 is 16.0 Å². The zero-order valence-electron chi connectivity index (χ0n) is 9.62. The van der Waals surface area contributed by atoms with Gasteiger partial charge in [-0.05, 0) is 31.6 Å². The van der Waals surface area contributed by atoms with Crippen molar-refractivity contribution in [2.24, 2.45) is 0 Å². The molecule has 0 heterocycles. The normalized spacial score (nSPS) is 9.81. The van der Waals surface area contributed by atoms with Gasteiger partial charge in [-0.2, -0.15) is 0 Å². The Hall–Kier alpha value is -1.55. The SMILES string of the molecule is CCNCCCNC(=O)Nc1ccccc1. The Kier molecular flexibility index (Phi) is 6.03. The summed E-state index contributed by atoms with van der Waals surface area (Å²) in [5.41, 5.74) is 0.812. The Balaban J connectivity index is 2.12. The molecule has 1 aromatic carbocycles. The zero-order chi connectivity index (χ0) is 11.6. The molecule has 0 aliphatic rings. The topological polar surface area (TPSA) is 53.2 Å². The third kappa shape index (κ3) is 5.36. The summed E-state index contributed by atoms with van der Waals surface area (Å²) in [6.45, 7) is 4.65. The average Bonchev–Trinajstić information content (AvgIpc) is 2.30. The van der Waals surface area contributed by atoms with Crippen LogP contribution in [0.5, 0.6) is 0 Å².